The summed E-state index contributed by atoms with van der Waals surface area (Å²) in [6, 6.07) is 10.4. The zero-order valence-corrected chi connectivity index (χ0v) is 22.3. The van der Waals surface area contributed by atoms with Crippen molar-refractivity contribution in [2.24, 2.45) is 0 Å². The molecule has 0 bridgehead atoms. The van der Waals surface area contributed by atoms with Crippen molar-refractivity contribution in [3.8, 4) is 17.4 Å². The Morgan fingerprint density at radius 1 is 1.18 bits per heavy atom. The number of nitrogens with zero attached hydrogens (tertiary/aromatic N) is 4. The third-order valence-electron chi connectivity index (χ3n) is 6.08. The smallest absolute Gasteiger partial charge is 0.347 e. The number of carboxylic acids is 1. The van der Waals surface area contributed by atoms with Gasteiger partial charge in [0.05, 0.1) is 32.0 Å². The van der Waals surface area contributed by atoms with Gasteiger partial charge in [-0.25, -0.2) is 14.8 Å². The van der Waals surface area contributed by atoms with Gasteiger partial charge in [0.1, 0.15) is 17.7 Å². The lowest BCUT2D eigenvalue weighted by Gasteiger charge is -2.33. The van der Waals surface area contributed by atoms with Crippen LogP contribution >= 0.6 is 0 Å². The van der Waals surface area contributed by atoms with E-state index in [4.69, 9.17) is 14.2 Å². The second-order valence-corrected chi connectivity index (χ2v) is 9.62. The molecule has 2 aromatic heterocycles. The van der Waals surface area contributed by atoms with Crippen LogP contribution in [0.5, 0.6) is 17.4 Å². The Balaban J connectivity index is 1.34. The molecule has 0 saturated carbocycles. The van der Waals surface area contributed by atoms with Gasteiger partial charge in [0.2, 0.25) is 5.91 Å². The first kappa shape index (κ1) is 27.6. The number of aliphatic carboxylic acids is 1. The predicted octanol–water partition coefficient (Wildman–Crippen LogP) is 3.74. The standard InChI is InChI=1S/C28H33N5O6/c1-4-37-22-8-5-13-30-26(22)38-21-7-6-14-33(18-21)24-17-29-16-23(31-24)32-25(34)15-19-9-11-20(12-10-19)39-28(2,3)27(35)36/h5,8-13,16-17,21H,4,6-7,14-15,18H2,1-3H3,(H,35,36)(H,31,32,34). The normalized spacial score (nSPS) is 15.4. The van der Waals surface area contributed by atoms with Crippen LogP contribution in [0.4, 0.5) is 11.6 Å². The van der Waals surface area contributed by atoms with Crippen LogP contribution in [-0.2, 0) is 16.0 Å². The number of carbonyl (C=O) groups excluding carboxylic acids is 1. The third-order valence-corrected chi connectivity index (χ3v) is 6.08. The summed E-state index contributed by atoms with van der Waals surface area (Å²) < 4.78 is 17.3. The molecule has 3 aromatic rings. The number of benzene rings is 1. The van der Waals surface area contributed by atoms with E-state index in [9.17, 15) is 14.7 Å². The molecule has 206 valence electrons. The molecular formula is C28H33N5O6. The minimum absolute atomic E-state index is 0.0964. The van der Waals surface area contributed by atoms with E-state index in [1.54, 1.807) is 36.7 Å². The Morgan fingerprint density at radius 2 is 1.97 bits per heavy atom. The number of aromatic nitrogens is 3. The van der Waals surface area contributed by atoms with E-state index in [0.717, 1.165) is 24.9 Å². The Kier molecular flexibility index (Phi) is 8.80. The summed E-state index contributed by atoms with van der Waals surface area (Å²) in [6.07, 6.45) is 6.65. The van der Waals surface area contributed by atoms with Crippen LogP contribution in [0, 0.1) is 0 Å². The van der Waals surface area contributed by atoms with E-state index in [1.807, 2.05) is 19.1 Å². The van der Waals surface area contributed by atoms with E-state index in [0.29, 0.717) is 42.2 Å². The summed E-state index contributed by atoms with van der Waals surface area (Å²) in [7, 11) is 0. The Morgan fingerprint density at radius 3 is 2.72 bits per heavy atom. The number of hydrogen-bond donors (Lipinski definition) is 2. The SMILES string of the molecule is CCOc1cccnc1OC1CCCN(c2cncc(NC(=O)Cc3ccc(OC(C)(C)C(=O)O)cc3)n2)C1. The minimum atomic E-state index is -1.35. The number of amides is 1. The van der Waals surface area contributed by atoms with Crippen molar-refractivity contribution in [3.05, 3.63) is 60.6 Å². The molecule has 0 radical (unpaired) electrons. The number of hydrogen-bond acceptors (Lipinski definition) is 9. The van der Waals surface area contributed by atoms with Gasteiger partial charge in [-0.1, -0.05) is 12.1 Å². The number of ether oxygens (including phenoxy) is 3. The fraction of sp³-hybridized carbons (Fsp3) is 0.393. The summed E-state index contributed by atoms with van der Waals surface area (Å²) in [6.45, 7) is 6.78. The Labute approximate surface area is 227 Å². The first-order valence-electron chi connectivity index (χ1n) is 12.9. The molecule has 3 heterocycles. The highest BCUT2D eigenvalue weighted by Gasteiger charge is 2.29. The fourth-order valence-corrected chi connectivity index (χ4v) is 4.08. The third kappa shape index (κ3) is 7.56. The van der Waals surface area contributed by atoms with Gasteiger partial charge in [-0.15, -0.1) is 0 Å². The fourth-order valence-electron chi connectivity index (χ4n) is 4.08. The zero-order chi connectivity index (χ0) is 27.8. The number of piperidine rings is 1. The maximum Gasteiger partial charge on any atom is 0.347 e. The molecule has 1 amide bonds. The molecular weight excluding hydrogens is 502 g/mol. The summed E-state index contributed by atoms with van der Waals surface area (Å²) in [5.74, 6) is 1.19. The van der Waals surface area contributed by atoms with Gasteiger partial charge in [-0.2, -0.15) is 0 Å². The number of rotatable bonds is 11. The van der Waals surface area contributed by atoms with Gasteiger partial charge in [0.25, 0.3) is 5.88 Å². The van der Waals surface area contributed by atoms with Gasteiger partial charge in [0, 0.05) is 12.7 Å². The van der Waals surface area contributed by atoms with Crippen molar-refractivity contribution in [2.75, 3.05) is 29.9 Å². The van der Waals surface area contributed by atoms with Crippen LogP contribution in [0.25, 0.3) is 0 Å². The van der Waals surface area contributed by atoms with E-state index in [2.05, 4.69) is 25.2 Å². The number of carbonyl (C=O) groups is 2. The van der Waals surface area contributed by atoms with Crippen LogP contribution < -0.4 is 24.4 Å². The average Bonchev–Trinajstić information content (AvgIpc) is 2.91. The van der Waals surface area contributed by atoms with Crippen LogP contribution in [-0.4, -0.2) is 63.3 Å². The number of pyridine rings is 1. The Hall–Kier alpha value is -4.41. The predicted molar refractivity (Wildman–Crippen MR) is 144 cm³/mol. The number of anilines is 2. The van der Waals surface area contributed by atoms with Crippen molar-refractivity contribution in [3.63, 3.8) is 0 Å². The largest absolute Gasteiger partial charge is 0.488 e. The average molecular weight is 536 g/mol. The van der Waals surface area contributed by atoms with Crippen LogP contribution in [0.3, 0.4) is 0 Å². The first-order chi connectivity index (χ1) is 18.7. The molecule has 1 aliphatic rings. The van der Waals surface area contributed by atoms with Crippen molar-refractivity contribution in [1.82, 2.24) is 15.0 Å². The summed E-state index contributed by atoms with van der Waals surface area (Å²) in [5, 5.41) is 12.0. The molecule has 2 N–H and O–H groups in total. The molecule has 1 saturated heterocycles. The van der Waals surface area contributed by atoms with E-state index in [-0.39, 0.29) is 18.4 Å². The summed E-state index contributed by atoms with van der Waals surface area (Å²) >= 11 is 0. The molecule has 4 rings (SSSR count). The molecule has 1 unspecified atom stereocenters. The first-order valence-corrected chi connectivity index (χ1v) is 12.9. The Bertz CT molecular complexity index is 1280. The molecule has 0 spiro atoms. The maximum absolute atomic E-state index is 12.7. The summed E-state index contributed by atoms with van der Waals surface area (Å²) in [5.41, 5.74) is -0.609. The second kappa shape index (κ2) is 12.4. The van der Waals surface area contributed by atoms with E-state index >= 15 is 0 Å². The monoisotopic (exact) mass is 535 g/mol. The lowest BCUT2D eigenvalue weighted by Crippen LogP contribution is -2.41. The van der Waals surface area contributed by atoms with Gasteiger partial charge < -0.3 is 29.5 Å². The lowest BCUT2D eigenvalue weighted by molar-refractivity contribution is -0.152. The maximum atomic E-state index is 12.7. The molecule has 1 atom stereocenters. The lowest BCUT2D eigenvalue weighted by atomic mass is 10.1. The highest BCUT2D eigenvalue weighted by atomic mass is 16.5. The highest BCUT2D eigenvalue weighted by molar-refractivity contribution is 5.91. The molecule has 1 fully saturated rings. The van der Waals surface area contributed by atoms with Crippen LogP contribution in [0.15, 0.2) is 55.0 Å². The quantitative estimate of drug-likeness (QED) is 0.374. The second-order valence-electron chi connectivity index (χ2n) is 9.62. The van der Waals surface area contributed by atoms with E-state index < -0.39 is 11.6 Å². The van der Waals surface area contributed by atoms with Crippen molar-refractivity contribution >= 4 is 23.5 Å². The topological polar surface area (TPSA) is 136 Å². The van der Waals surface area contributed by atoms with Gasteiger partial charge in [-0.05, 0) is 63.4 Å². The molecule has 0 aliphatic carbocycles. The molecule has 11 nitrogen and oxygen atoms in total. The molecule has 39 heavy (non-hydrogen) atoms. The van der Waals surface area contributed by atoms with Gasteiger partial charge >= 0.3 is 5.97 Å². The van der Waals surface area contributed by atoms with Gasteiger partial charge in [-0.3, -0.25) is 9.78 Å². The minimum Gasteiger partial charge on any atom is -0.488 e. The highest BCUT2D eigenvalue weighted by Crippen LogP contribution is 2.28. The number of nitrogens with one attached hydrogen (secondary N) is 1. The van der Waals surface area contributed by atoms with Crippen molar-refractivity contribution < 1.29 is 28.9 Å². The molecule has 11 heteroatoms. The van der Waals surface area contributed by atoms with Crippen LogP contribution in [0.2, 0.25) is 0 Å². The van der Waals surface area contributed by atoms with Crippen molar-refractivity contribution in [1.29, 1.82) is 0 Å². The van der Waals surface area contributed by atoms with E-state index in [1.165, 1.54) is 20.0 Å². The zero-order valence-electron chi connectivity index (χ0n) is 22.3. The molecule has 1 aromatic carbocycles. The molecule has 1 aliphatic heterocycles. The number of carboxylic acid groups (broad SMARTS) is 1. The summed E-state index contributed by atoms with van der Waals surface area (Å²) in [4.78, 5) is 39.2. The van der Waals surface area contributed by atoms with Crippen LogP contribution in [0.1, 0.15) is 39.2 Å². The van der Waals surface area contributed by atoms with Crippen molar-refractivity contribution in [2.45, 2.75) is 51.7 Å². The van der Waals surface area contributed by atoms with Gasteiger partial charge in [0.15, 0.2) is 17.2 Å².